The predicted molar refractivity (Wildman–Crippen MR) is 85.9 cm³/mol. The van der Waals surface area contributed by atoms with Crippen LogP contribution >= 0.6 is 0 Å². The number of urea groups is 1. The first-order chi connectivity index (χ1) is 11.0. The third-order valence-electron chi connectivity index (χ3n) is 3.89. The molecule has 0 aliphatic carbocycles. The van der Waals surface area contributed by atoms with E-state index < -0.39 is 17.9 Å². The van der Waals surface area contributed by atoms with Crippen LogP contribution in [0.15, 0.2) is 36.5 Å². The molecule has 1 aliphatic rings. The van der Waals surface area contributed by atoms with Crippen LogP contribution in [0.5, 0.6) is 5.75 Å². The first-order valence-corrected chi connectivity index (χ1v) is 7.57. The zero-order valence-corrected chi connectivity index (χ0v) is 13.6. The van der Waals surface area contributed by atoms with Gasteiger partial charge in [-0.1, -0.05) is 25.6 Å². The van der Waals surface area contributed by atoms with Gasteiger partial charge in [0, 0.05) is 5.70 Å². The van der Waals surface area contributed by atoms with Crippen molar-refractivity contribution in [3.05, 3.63) is 42.1 Å². The van der Waals surface area contributed by atoms with E-state index in [1.54, 1.807) is 19.2 Å². The molecular weight excluding hydrogens is 296 g/mol. The summed E-state index contributed by atoms with van der Waals surface area (Å²) in [5, 5.41) is 5.32. The summed E-state index contributed by atoms with van der Waals surface area (Å²) in [5.41, 5.74) is 1.12. The molecule has 1 aromatic rings. The molecule has 1 aromatic carbocycles. The fraction of sp³-hybridized carbons (Fsp3) is 0.412. The van der Waals surface area contributed by atoms with Crippen molar-refractivity contribution in [2.45, 2.75) is 32.4 Å². The standard InChI is InChI=1S/C17H22N2O4/c1-5-10(2)23-16(20)14-11(3)18-17(21)19-15(14)12-6-8-13(22-4)9-7-12/h6-10,14-15H,3,5H2,1-2,4H3,(H2,18,19,21). The third kappa shape index (κ3) is 3.83. The molecule has 1 heterocycles. The van der Waals surface area contributed by atoms with E-state index in [2.05, 4.69) is 17.2 Å². The minimum atomic E-state index is -0.685. The van der Waals surface area contributed by atoms with Crippen molar-refractivity contribution in [1.82, 2.24) is 10.6 Å². The molecular formula is C17H22N2O4. The van der Waals surface area contributed by atoms with Gasteiger partial charge in [-0.15, -0.1) is 0 Å². The van der Waals surface area contributed by atoms with Crippen LogP contribution in [0.2, 0.25) is 0 Å². The Morgan fingerprint density at radius 3 is 2.57 bits per heavy atom. The van der Waals surface area contributed by atoms with Gasteiger partial charge in [0.25, 0.3) is 0 Å². The molecule has 1 saturated heterocycles. The molecule has 0 aromatic heterocycles. The van der Waals surface area contributed by atoms with Crippen molar-refractivity contribution in [3.8, 4) is 5.75 Å². The molecule has 2 rings (SSSR count). The predicted octanol–water partition coefficient (Wildman–Crippen LogP) is 2.52. The molecule has 0 bridgehead atoms. The summed E-state index contributed by atoms with van der Waals surface area (Å²) in [5.74, 6) is -0.390. The minimum absolute atomic E-state index is 0.190. The number of amides is 2. The van der Waals surface area contributed by atoms with E-state index in [1.165, 1.54) is 0 Å². The summed E-state index contributed by atoms with van der Waals surface area (Å²) in [6.45, 7) is 7.58. The first kappa shape index (κ1) is 16.9. The number of ether oxygens (including phenoxy) is 2. The number of hydrogen-bond donors (Lipinski definition) is 2. The van der Waals surface area contributed by atoms with Gasteiger partial charge in [-0.25, -0.2) is 4.79 Å². The summed E-state index contributed by atoms with van der Waals surface area (Å²) >= 11 is 0. The van der Waals surface area contributed by atoms with Crippen LogP contribution in [0.3, 0.4) is 0 Å². The highest BCUT2D eigenvalue weighted by atomic mass is 16.5. The van der Waals surface area contributed by atoms with Crippen LogP contribution in [0.4, 0.5) is 4.79 Å². The Hall–Kier alpha value is -2.50. The quantitative estimate of drug-likeness (QED) is 0.818. The summed E-state index contributed by atoms with van der Waals surface area (Å²) in [4.78, 5) is 24.3. The van der Waals surface area contributed by atoms with Gasteiger partial charge in [0.05, 0.1) is 19.3 Å². The lowest BCUT2D eigenvalue weighted by molar-refractivity contribution is -0.153. The summed E-state index contributed by atoms with van der Waals surface area (Å²) in [6.07, 6.45) is 0.530. The fourth-order valence-electron chi connectivity index (χ4n) is 2.41. The lowest BCUT2D eigenvalue weighted by Crippen LogP contribution is -2.51. The van der Waals surface area contributed by atoms with Gasteiger partial charge in [0.2, 0.25) is 0 Å². The number of benzene rings is 1. The van der Waals surface area contributed by atoms with Gasteiger partial charge in [0.1, 0.15) is 11.7 Å². The highest BCUT2D eigenvalue weighted by Gasteiger charge is 2.39. The lowest BCUT2D eigenvalue weighted by Gasteiger charge is -2.33. The van der Waals surface area contributed by atoms with Gasteiger partial charge in [-0.3, -0.25) is 4.79 Å². The molecule has 6 heteroatoms. The van der Waals surface area contributed by atoms with Gasteiger partial charge >= 0.3 is 12.0 Å². The Morgan fingerprint density at radius 2 is 2.00 bits per heavy atom. The van der Waals surface area contributed by atoms with Crippen molar-refractivity contribution in [3.63, 3.8) is 0 Å². The van der Waals surface area contributed by atoms with Crippen LogP contribution in [0, 0.1) is 5.92 Å². The number of carbonyl (C=O) groups excluding carboxylic acids is 2. The largest absolute Gasteiger partial charge is 0.497 e. The van der Waals surface area contributed by atoms with Crippen molar-refractivity contribution < 1.29 is 19.1 Å². The first-order valence-electron chi connectivity index (χ1n) is 7.57. The number of carbonyl (C=O) groups is 2. The normalized spacial score (nSPS) is 21.9. The molecule has 0 spiro atoms. The monoisotopic (exact) mass is 318 g/mol. The number of esters is 1. The number of rotatable bonds is 5. The van der Waals surface area contributed by atoms with Gasteiger partial charge < -0.3 is 20.1 Å². The van der Waals surface area contributed by atoms with E-state index in [0.717, 1.165) is 12.0 Å². The van der Waals surface area contributed by atoms with E-state index in [9.17, 15) is 9.59 Å². The van der Waals surface area contributed by atoms with Crippen molar-refractivity contribution in [2.75, 3.05) is 7.11 Å². The maximum Gasteiger partial charge on any atom is 0.319 e. The molecule has 1 aliphatic heterocycles. The lowest BCUT2D eigenvalue weighted by atomic mass is 9.89. The van der Waals surface area contributed by atoms with Crippen LogP contribution in [0.1, 0.15) is 31.9 Å². The molecule has 2 amide bonds. The Balaban J connectivity index is 2.28. The second kappa shape index (κ2) is 7.17. The van der Waals surface area contributed by atoms with Gasteiger partial charge in [-0.05, 0) is 31.0 Å². The molecule has 124 valence electrons. The molecule has 1 fully saturated rings. The zero-order valence-electron chi connectivity index (χ0n) is 13.6. The van der Waals surface area contributed by atoms with Crippen molar-refractivity contribution in [1.29, 1.82) is 0 Å². The molecule has 0 saturated carbocycles. The van der Waals surface area contributed by atoms with E-state index in [1.807, 2.05) is 26.0 Å². The fourth-order valence-corrected chi connectivity index (χ4v) is 2.41. The number of methoxy groups -OCH3 is 1. The highest BCUT2D eigenvalue weighted by Crippen LogP contribution is 2.31. The molecule has 6 nitrogen and oxygen atoms in total. The average Bonchev–Trinajstić information content (AvgIpc) is 2.53. The summed E-state index contributed by atoms with van der Waals surface area (Å²) in [6, 6.07) is 6.27. The molecule has 0 radical (unpaired) electrons. The van der Waals surface area contributed by atoms with Crippen molar-refractivity contribution >= 4 is 12.0 Å². The summed E-state index contributed by atoms with van der Waals surface area (Å²) < 4.78 is 10.6. The molecule has 23 heavy (non-hydrogen) atoms. The van der Waals surface area contributed by atoms with E-state index in [0.29, 0.717) is 11.4 Å². The van der Waals surface area contributed by atoms with Crippen LogP contribution in [-0.4, -0.2) is 25.2 Å². The smallest absolute Gasteiger partial charge is 0.319 e. The topological polar surface area (TPSA) is 76.7 Å². The van der Waals surface area contributed by atoms with E-state index >= 15 is 0 Å². The third-order valence-corrected chi connectivity index (χ3v) is 3.89. The Kier molecular flexibility index (Phi) is 5.26. The Bertz CT molecular complexity index is 597. The summed E-state index contributed by atoms with van der Waals surface area (Å²) in [7, 11) is 1.58. The maximum atomic E-state index is 12.5. The van der Waals surface area contributed by atoms with Gasteiger partial charge in [-0.2, -0.15) is 0 Å². The van der Waals surface area contributed by atoms with Crippen LogP contribution < -0.4 is 15.4 Å². The second-order valence-corrected chi connectivity index (χ2v) is 5.51. The maximum absolute atomic E-state index is 12.5. The minimum Gasteiger partial charge on any atom is -0.497 e. The molecule has 3 unspecified atom stereocenters. The number of nitrogens with one attached hydrogen (secondary N) is 2. The Labute approximate surface area is 135 Å². The Morgan fingerprint density at radius 1 is 1.35 bits per heavy atom. The zero-order chi connectivity index (χ0) is 17.0. The average molecular weight is 318 g/mol. The van der Waals surface area contributed by atoms with Crippen molar-refractivity contribution in [2.24, 2.45) is 5.92 Å². The SMILES string of the molecule is C=C1NC(=O)NC(c2ccc(OC)cc2)C1C(=O)OC(C)CC. The van der Waals surface area contributed by atoms with E-state index in [4.69, 9.17) is 9.47 Å². The molecule has 2 N–H and O–H groups in total. The highest BCUT2D eigenvalue weighted by molar-refractivity contribution is 5.85. The van der Waals surface area contributed by atoms with Crippen LogP contribution in [0.25, 0.3) is 0 Å². The number of hydrogen-bond acceptors (Lipinski definition) is 4. The van der Waals surface area contributed by atoms with E-state index in [-0.39, 0.29) is 12.1 Å². The van der Waals surface area contributed by atoms with Gasteiger partial charge in [0.15, 0.2) is 0 Å². The van der Waals surface area contributed by atoms with Crippen LogP contribution in [-0.2, 0) is 9.53 Å². The molecule has 3 atom stereocenters. The second-order valence-electron chi connectivity index (χ2n) is 5.51.